The first-order chi connectivity index (χ1) is 19.9. The first-order valence-electron chi connectivity index (χ1n) is 12.8. The van der Waals surface area contributed by atoms with E-state index in [0.717, 1.165) is 16.8 Å². The number of nitrogens with zero attached hydrogens (tertiary/aromatic N) is 3. The molecule has 5 aromatic rings. The summed E-state index contributed by atoms with van der Waals surface area (Å²) in [5.41, 5.74) is 3.44. The fraction of sp³-hybridized carbons (Fsp3) is 0.0938. The van der Waals surface area contributed by atoms with Crippen LogP contribution in [0.15, 0.2) is 109 Å². The molecule has 41 heavy (non-hydrogen) atoms. The molecule has 1 aromatic heterocycles. The van der Waals surface area contributed by atoms with Crippen LogP contribution in [-0.4, -0.2) is 39.9 Å². The molecular formula is C32H26Cl2N4O3. The topological polar surface area (TPSA) is 76.5 Å². The van der Waals surface area contributed by atoms with E-state index in [-0.39, 0.29) is 19.0 Å². The molecule has 0 aliphatic heterocycles. The van der Waals surface area contributed by atoms with Gasteiger partial charge in [-0.1, -0.05) is 77.8 Å². The van der Waals surface area contributed by atoms with Crippen molar-refractivity contribution < 1.29 is 14.3 Å². The van der Waals surface area contributed by atoms with Crippen LogP contribution in [0.2, 0.25) is 10.0 Å². The molecule has 5 rings (SSSR count). The fourth-order valence-corrected chi connectivity index (χ4v) is 4.66. The van der Waals surface area contributed by atoms with Gasteiger partial charge in [-0.15, -0.1) is 0 Å². The zero-order valence-electron chi connectivity index (χ0n) is 22.1. The highest BCUT2D eigenvalue weighted by Gasteiger charge is 2.23. The van der Waals surface area contributed by atoms with Crippen LogP contribution < -0.4 is 10.1 Å². The van der Waals surface area contributed by atoms with Crippen LogP contribution >= 0.6 is 23.2 Å². The van der Waals surface area contributed by atoms with Gasteiger partial charge in [-0.2, -0.15) is 0 Å². The third kappa shape index (κ3) is 6.77. The molecule has 1 N–H and O–H groups in total. The number of hydrogen-bond donors (Lipinski definition) is 1. The Hall–Kier alpha value is -4.59. The normalized spacial score (nSPS) is 10.7. The molecular weight excluding hydrogens is 559 g/mol. The van der Waals surface area contributed by atoms with Gasteiger partial charge in [0.15, 0.2) is 0 Å². The summed E-state index contributed by atoms with van der Waals surface area (Å²) in [5.74, 6) is 0.237. The zero-order valence-corrected chi connectivity index (χ0v) is 23.6. The van der Waals surface area contributed by atoms with Crippen LogP contribution in [0, 0.1) is 0 Å². The van der Waals surface area contributed by atoms with E-state index < -0.39 is 5.91 Å². The highest BCUT2D eigenvalue weighted by molar-refractivity contribution is 6.33. The summed E-state index contributed by atoms with van der Waals surface area (Å²) in [7, 11) is 1.60. The maximum atomic E-state index is 13.5. The SMILES string of the molecule is COc1ccc(-n2cc(-c3ccc(Cl)cc3)nc2NC(=O)CN(Cc2ccccc2)C(=O)c2ccccc2Cl)cc1. The number of carbonyl (C=O) groups excluding carboxylic acids is 2. The first-order valence-corrected chi connectivity index (χ1v) is 13.5. The van der Waals surface area contributed by atoms with Crippen molar-refractivity contribution >= 4 is 41.0 Å². The van der Waals surface area contributed by atoms with E-state index in [4.69, 9.17) is 32.9 Å². The second-order valence-electron chi connectivity index (χ2n) is 9.20. The Morgan fingerprint density at radius 1 is 0.878 bits per heavy atom. The third-order valence-electron chi connectivity index (χ3n) is 6.39. The summed E-state index contributed by atoms with van der Waals surface area (Å²) >= 11 is 12.4. The number of ether oxygens (including phenoxy) is 1. The molecule has 0 unspecified atom stereocenters. The summed E-state index contributed by atoms with van der Waals surface area (Å²) in [4.78, 5) is 33.2. The third-order valence-corrected chi connectivity index (χ3v) is 6.97. The van der Waals surface area contributed by atoms with Gasteiger partial charge in [-0.05, 0) is 54.1 Å². The Kier molecular flexibility index (Phi) is 8.67. The lowest BCUT2D eigenvalue weighted by Gasteiger charge is -2.23. The molecule has 0 radical (unpaired) electrons. The molecule has 7 nitrogen and oxygen atoms in total. The minimum Gasteiger partial charge on any atom is -0.497 e. The fourth-order valence-electron chi connectivity index (χ4n) is 4.31. The van der Waals surface area contributed by atoms with Crippen molar-refractivity contribution in [2.75, 3.05) is 19.0 Å². The molecule has 0 saturated heterocycles. The minimum atomic E-state index is -0.413. The van der Waals surface area contributed by atoms with Gasteiger partial charge in [0.25, 0.3) is 5.91 Å². The Morgan fingerprint density at radius 3 is 2.24 bits per heavy atom. The van der Waals surface area contributed by atoms with Gasteiger partial charge in [0, 0.05) is 29.0 Å². The van der Waals surface area contributed by atoms with Crippen LogP contribution in [0.3, 0.4) is 0 Å². The largest absolute Gasteiger partial charge is 0.497 e. The quantitative estimate of drug-likeness (QED) is 0.200. The van der Waals surface area contributed by atoms with Crippen LogP contribution in [-0.2, 0) is 11.3 Å². The summed E-state index contributed by atoms with van der Waals surface area (Å²) in [6, 6.07) is 30.9. The van der Waals surface area contributed by atoms with E-state index in [2.05, 4.69) is 5.32 Å². The molecule has 206 valence electrons. The van der Waals surface area contributed by atoms with E-state index >= 15 is 0 Å². The van der Waals surface area contributed by atoms with Gasteiger partial charge in [0.1, 0.15) is 12.3 Å². The monoisotopic (exact) mass is 584 g/mol. The number of nitrogens with one attached hydrogen (secondary N) is 1. The lowest BCUT2D eigenvalue weighted by molar-refractivity contribution is -0.117. The van der Waals surface area contributed by atoms with Crippen molar-refractivity contribution in [3.63, 3.8) is 0 Å². The van der Waals surface area contributed by atoms with Gasteiger partial charge in [0.05, 0.1) is 23.4 Å². The maximum absolute atomic E-state index is 13.5. The average Bonchev–Trinajstić information content (AvgIpc) is 3.41. The van der Waals surface area contributed by atoms with E-state index in [9.17, 15) is 9.59 Å². The summed E-state index contributed by atoms with van der Waals surface area (Å²) in [6.45, 7) is 0.00592. The Labute approximate surface area is 247 Å². The predicted octanol–water partition coefficient (Wildman–Crippen LogP) is 7.14. The Bertz CT molecular complexity index is 1650. The number of carbonyl (C=O) groups is 2. The number of aromatic nitrogens is 2. The van der Waals surface area contributed by atoms with Gasteiger partial charge in [-0.3, -0.25) is 19.5 Å². The smallest absolute Gasteiger partial charge is 0.256 e. The molecule has 0 bridgehead atoms. The van der Waals surface area contributed by atoms with Crippen molar-refractivity contribution in [3.05, 3.63) is 130 Å². The molecule has 0 aliphatic rings. The number of amides is 2. The van der Waals surface area contributed by atoms with Crippen molar-refractivity contribution in [2.24, 2.45) is 0 Å². The number of anilines is 1. The van der Waals surface area contributed by atoms with E-state index in [1.807, 2.05) is 72.9 Å². The summed E-state index contributed by atoms with van der Waals surface area (Å²) in [5, 5.41) is 3.83. The number of benzene rings is 4. The number of imidazole rings is 1. The van der Waals surface area contributed by atoms with Gasteiger partial charge >= 0.3 is 0 Å². The summed E-state index contributed by atoms with van der Waals surface area (Å²) in [6.07, 6.45) is 1.83. The molecule has 9 heteroatoms. The second kappa shape index (κ2) is 12.7. The van der Waals surface area contributed by atoms with Crippen molar-refractivity contribution in [2.45, 2.75) is 6.54 Å². The van der Waals surface area contributed by atoms with Crippen LogP contribution in [0.5, 0.6) is 5.75 Å². The Morgan fingerprint density at radius 2 is 1.56 bits per heavy atom. The lowest BCUT2D eigenvalue weighted by Crippen LogP contribution is -2.38. The number of methoxy groups -OCH3 is 1. The van der Waals surface area contributed by atoms with Crippen molar-refractivity contribution in [1.82, 2.24) is 14.5 Å². The van der Waals surface area contributed by atoms with E-state index in [1.54, 1.807) is 48.1 Å². The standard InChI is InChI=1S/C32H26Cl2N4O3/c1-41-26-17-15-25(16-18-26)38-20-29(23-11-13-24(33)14-12-23)35-32(38)36-30(39)21-37(19-22-7-3-2-4-8-22)31(40)27-9-5-6-10-28(27)34/h2-18,20H,19,21H2,1H3,(H,35,36,39). The van der Waals surface area contributed by atoms with E-state index in [1.165, 1.54) is 4.90 Å². The highest BCUT2D eigenvalue weighted by atomic mass is 35.5. The molecule has 1 heterocycles. The highest BCUT2D eigenvalue weighted by Crippen LogP contribution is 2.27. The first kappa shape index (κ1) is 28.0. The van der Waals surface area contributed by atoms with Crippen LogP contribution in [0.25, 0.3) is 16.9 Å². The van der Waals surface area contributed by atoms with Crippen LogP contribution in [0.1, 0.15) is 15.9 Å². The van der Waals surface area contributed by atoms with Crippen molar-refractivity contribution in [1.29, 1.82) is 0 Å². The predicted molar refractivity (Wildman–Crippen MR) is 162 cm³/mol. The molecule has 0 spiro atoms. The van der Waals surface area contributed by atoms with Crippen LogP contribution in [0.4, 0.5) is 5.95 Å². The average molecular weight is 585 g/mol. The van der Waals surface area contributed by atoms with Gasteiger partial charge < -0.3 is 9.64 Å². The Balaban J connectivity index is 1.45. The lowest BCUT2D eigenvalue weighted by atomic mass is 10.1. The molecule has 0 saturated carbocycles. The van der Waals surface area contributed by atoms with E-state index in [0.29, 0.717) is 33.0 Å². The number of rotatable bonds is 9. The maximum Gasteiger partial charge on any atom is 0.256 e. The molecule has 2 amide bonds. The molecule has 0 aliphatic carbocycles. The molecule has 0 atom stereocenters. The minimum absolute atomic E-state index is 0.218. The van der Waals surface area contributed by atoms with Gasteiger partial charge in [0.2, 0.25) is 11.9 Å². The number of hydrogen-bond acceptors (Lipinski definition) is 4. The second-order valence-corrected chi connectivity index (χ2v) is 10.0. The zero-order chi connectivity index (χ0) is 28.8. The number of halogens is 2. The molecule has 4 aromatic carbocycles. The van der Waals surface area contributed by atoms with Crippen molar-refractivity contribution in [3.8, 4) is 22.7 Å². The molecule has 0 fully saturated rings. The van der Waals surface area contributed by atoms with Gasteiger partial charge in [-0.25, -0.2) is 4.98 Å². The summed E-state index contributed by atoms with van der Waals surface area (Å²) < 4.78 is 7.07.